The largest absolute Gasteiger partial charge is 0.488 e. The first-order valence-corrected chi connectivity index (χ1v) is 7.25. The van der Waals surface area contributed by atoms with Crippen LogP contribution in [0.3, 0.4) is 0 Å². The minimum atomic E-state index is 0.195. The van der Waals surface area contributed by atoms with Crippen LogP contribution in [0.4, 0.5) is 5.82 Å². The highest BCUT2D eigenvalue weighted by atomic mass is 16.5. The summed E-state index contributed by atoms with van der Waals surface area (Å²) in [6.45, 7) is 7.94. The summed E-state index contributed by atoms with van der Waals surface area (Å²) in [6.07, 6.45) is 6.44. The highest BCUT2D eigenvalue weighted by Crippen LogP contribution is 2.26. The van der Waals surface area contributed by atoms with Crippen molar-refractivity contribution in [2.75, 3.05) is 18.0 Å². The summed E-state index contributed by atoms with van der Waals surface area (Å²) in [7, 11) is 0. The molecule has 3 heterocycles. The van der Waals surface area contributed by atoms with Gasteiger partial charge >= 0.3 is 0 Å². The Labute approximate surface area is 125 Å². The van der Waals surface area contributed by atoms with E-state index in [0.29, 0.717) is 0 Å². The Morgan fingerprint density at radius 2 is 2.10 bits per heavy atom. The van der Waals surface area contributed by atoms with Gasteiger partial charge in [-0.15, -0.1) is 0 Å². The quantitative estimate of drug-likeness (QED) is 0.866. The van der Waals surface area contributed by atoms with Crippen LogP contribution in [0.2, 0.25) is 0 Å². The molecular weight excluding hydrogens is 264 g/mol. The van der Waals surface area contributed by atoms with Crippen LogP contribution in [0.15, 0.2) is 24.8 Å². The number of pyridine rings is 1. The van der Waals surface area contributed by atoms with Crippen molar-refractivity contribution in [3.8, 4) is 5.75 Å². The van der Waals surface area contributed by atoms with E-state index in [1.165, 1.54) is 0 Å². The van der Waals surface area contributed by atoms with E-state index in [0.717, 1.165) is 47.9 Å². The number of anilines is 1. The molecule has 0 saturated carbocycles. The third-order valence-electron chi connectivity index (χ3n) is 4.02. The SMILES string of the molecule is Cc1cnccc1OC1CCN(c2ncnc(C)c2C)C1. The van der Waals surface area contributed by atoms with Gasteiger partial charge in [0.25, 0.3) is 0 Å². The Morgan fingerprint density at radius 3 is 2.90 bits per heavy atom. The molecule has 3 rings (SSSR count). The van der Waals surface area contributed by atoms with Gasteiger partial charge < -0.3 is 9.64 Å². The second kappa shape index (κ2) is 5.68. The van der Waals surface area contributed by atoms with E-state index >= 15 is 0 Å². The van der Waals surface area contributed by atoms with E-state index in [-0.39, 0.29) is 6.10 Å². The molecule has 1 unspecified atom stereocenters. The summed E-state index contributed by atoms with van der Waals surface area (Å²) >= 11 is 0. The molecule has 1 atom stereocenters. The third kappa shape index (κ3) is 2.82. The average molecular weight is 284 g/mol. The van der Waals surface area contributed by atoms with Crippen molar-refractivity contribution < 1.29 is 4.74 Å². The highest BCUT2D eigenvalue weighted by Gasteiger charge is 2.26. The fourth-order valence-electron chi connectivity index (χ4n) is 2.63. The van der Waals surface area contributed by atoms with E-state index in [9.17, 15) is 0 Å². The van der Waals surface area contributed by atoms with Gasteiger partial charge in [-0.3, -0.25) is 4.98 Å². The molecule has 1 aliphatic heterocycles. The summed E-state index contributed by atoms with van der Waals surface area (Å²) in [4.78, 5) is 15.0. The molecule has 0 N–H and O–H groups in total. The number of nitrogens with zero attached hydrogens (tertiary/aromatic N) is 4. The zero-order valence-corrected chi connectivity index (χ0v) is 12.7. The van der Waals surface area contributed by atoms with Gasteiger partial charge in [0, 0.05) is 42.2 Å². The highest BCUT2D eigenvalue weighted by molar-refractivity contribution is 5.48. The van der Waals surface area contributed by atoms with Crippen LogP contribution in [0.5, 0.6) is 5.75 Å². The predicted octanol–water partition coefficient (Wildman–Crippen LogP) is 2.45. The normalized spacial score (nSPS) is 18.0. The van der Waals surface area contributed by atoms with Gasteiger partial charge in [-0.05, 0) is 26.8 Å². The van der Waals surface area contributed by atoms with Crippen molar-refractivity contribution in [3.05, 3.63) is 41.6 Å². The third-order valence-corrected chi connectivity index (χ3v) is 4.02. The van der Waals surface area contributed by atoms with Crippen LogP contribution in [0, 0.1) is 20.8 Å². The van der Waals surface area contributed by atoms with Crippen molar-refractivity contribution in [1.82, 2.24) is 15.0 Å². The van der Waals surface area contributed by atoms with Crippen molar-refractivity contribution in [1.29, 1.82) is 0 Å². The van der Waals surface area contributed by atoms with Crippen molar-refractivity contribution in [2.24, 2.45) is 0 Å². The van der Waals surface area contributed by atoms with E-state index in [1.54, 1.807) is 12.5 Å². The second-order valence-corrected chi connectivity index (χ2v) is 5.52. The predicted molar refractivity (Wildman–Crippen MR) is 81.7 cm³/mol. The van der Waals surface area contributed by atoms with Gasteiger partial charge in [-0.1, -0.05) is 0 Å². The Hall–Kier alpha value is -2.17. The Kier molecular flexibility index (Phi) is 3.73. The first-order valence-electron chi connectivity index (χ1n) is 7.25. The summed E-state index contributed by atoms with van der Waals surface area (Å²) in [6, 6.07) is 1.93. The molecule has 2 aromatic heterocycles. The molecular formula is C16H20N4O. The molecule has 0 aliphatic carbocycles. The maximum atomic E-state index is 6.10. The minimum Gasteiger partial charge on any atom is -0.488 e. The lowest BCUT2D eigenvalue weighted by atomic mass is 10.2. The van der Waals surface area contributed by atoms with Crippen LogP contribution in [0.1, 0.15) is 23.2 Å². The van der Waals surface area contributed by atoms with Gasteiger partial charge in [-0.25, -0.2) is 9.97 Å². The van der Waals surface area contributed by atoms with E-state index in [4.69, 9.17) is 4.74 Å². The Morgan fingerprint density at radius 1 is 1.24 bits per heavy atom. The first kappa shape index (κ1) is 13.8. The summed E-state index contributed by atoms with van der Waals surface area (Å²) in [5, 5.41) is 0. The van der Waals surface area contributed by atoms with E-state index in [2.05, 4.69) is 26.8 Å². The van der Waals surface area contributed by atoms with Gasteiger partial charge in [0.05, 0.1) is 6.54 Å². The van der Waals surface area contributed by atoms with Crippen molar-refractivity contribution in [2.45, 2.75) is 33.3 Å². The molecule has 0 aromatic carbocycles. The Bertz CT molecular complexity index is 644. The second-order valence-electron chi connectivity index (χ2n) is 5.52. The lowest BCUT2D eigenvalue weighted by molar-refractivity contribution is 0.223. The molecule has 0 spiro atoms. The van der Waals surface area contributed by atoms with Gasteiger partial charge in [0.1, 0.15) is 24.0 Å². The maximum absolute atomic E-state index is 6.10. The summed E-state index contributed by atoms with van der Waals surface area (Å²) < 4.78 is 6.10. The fraction of sp³-hybridized carbons (Fsp3) is 0.438. The standard InChI is InChI=1S/C16H20N4O/c1-11-8-17-6-4-15(11)21-14-5-7-20(9-14)16-12(2)13(3)18-10-19-16/h4,6,8,10,14H,5,7,9H2,1-3H3. The first-order chi connectivity index (χ1) is 10.1. The molecule has 5 heteroatoms. The number of rotatable bonds is 3. The smallest absolute Gasteiger partial charge is 0.135 e. The maximum Gasteiger partial charge on any atom is 0.135 e. The molecule has 21 heavy (non-hydrogen) atoms. The summed E-state index contributed by atoms with van der Waals surface area (Å²) in [5.41, 5.74) is 3.26. The molecule has 0 amide bonds. The minimum absolute atomic E-state index is 0.195. The van der Waals surface area contributed by atoms with Gasteiger partial charge in [0.15, 0.2) is 0 Å². The van der Waals surface area contributed by atoms with Gasteiger partial charge in [-0.2, -0.15) is 0 Å². The number of aryl methyl sites for hydroxylation is 2. The molecule has 0 radical (unpaired) electrons. The molecule has 1 saturated heterocycles. The van der Waals surface area contributed by atoms with E-state index < -0.39 is 0 Å². The lowest BCUT2D eigenvalue weighted by Gasteiger charge is -2.20. The number of aromatic nitrogens is 3. The monoisotopic (exact) mass is 284 g/mol. The molecule has 110 valence electrons. The van der Waals surface area contributed by atoms with Crippen LogP contribution < -0.4 is 9.64 Å². The van der Waals surface area contributed by atoms with Crippen molar-refractivity contribution in [3.63, 3.8) is 0 Å². The average Bonchev–Trinajstić information content (AvgIpc) is 2.93. The fourth-order valence-corrected chi connectivity index (χ4v) is 2.63. The molecule has 0 bridgehead atoms. The zero-order chi connectivity index (χ0) is 14.8. The Balaban J connectivity index is 1.71. The number of ether oxygens (including phenoxy) is 1. The van der Waals surface area contributed by atoms with Crippen LogP contribution >= 0.6 is 0 Å². The molecule has 2 aromatic rings. The molecule has 5 nitrogen and oxygen atoms in total. The molecule has 1 fully saturated rings. The van der Waals surface area contributed by atoms with Crippen LogP contribution in [-0.4, -0.2) is 34.1 Å². The zero-order valence-electron chi connectivity index (χ0n) is 12.7. The van der Waals surface area contributed by atoms with Crippen LogP contribution in [0.25, 0.3) is 0 Å². The molecule has 1 aliphatic rings. The van der Waals surface area contributed by atoms with Crippen LogP contribution in [-0.2, 0) is 0 Å². The van der Waals surface area contributed by atoms with Gasteiger partial charge in [0.2, 0.25) is 0 Å². The number of hydrogen-bond acceptors (Lipinski definition) is 5. The topological polar surface area (TPSA) is 51.1 Å². The van der Waals surface area contributed by atoms with E-state index in [1.807, 2.05) is 26.1 Å². The lowest BCUT2D eigenvalue weighted by Crippen LogP contribution is -2.26. The van der Waals surface area contributed by atoms with Crippen molar-refractivity contribution >= 4 is 5.82 Å². The number of hydrogen-bond donors (Lipinski definition) is 0. The summed E-state index contributed by atoms with van der Waals surface area (Å²) in [5.74, 6) is 1.95.